The van der Waals surface area contributed by atoms with Crippen LogP contribution in [0.3, 0.4) is 0 Å². The Morgan fingerprint density at radius 1 is 1.53 bits per heavy atom. The van der Waals surface area contributed by atoms with Crippen LogP contribution in [0, 0.1) is 0 Å². The van der Waals surface area contributed by atoms with Gasteiger partial charge in [-0.25, -0.2) is 9.78 Å². The predicted octanol–water partition coefficient (Wildman–Crippen LogP) is 1.42. The third kappa shape index (κ3) is 3.05. The number of piperidine rings is 1. The highest BCUT2D eigenvalue weighted by Gasteiger charge is 2.25. The van der Waals surface area contributed by atoms with Crippen molar-refractivity contribution in [1.82, 2.24) is 14.9 Å². The average Bonchev–Trinajstić information content (AvgIpc) is 2.38. The smallest absolute Gasteiger partial charge is 0.407 e. The molecule has 1 amide bonds. The number of nitrogens with zero attached hydrogens (tertiary/aromatic N) is 3. The maximum absolute atomic E-state index is 11.0. The Morgan fingerprint density at radius 3 is 3.12 bits per heavy atom. The van der Waals surface area contributed by atoms with Gasteiger partial charge < -0.3 is 15.3 Å². The van der Waals surface area contributed by atoms with E-state index in [1.165, 1.54) is 4.90 Å². The minimum Gasteiger partial charge on any atom is -0.465 e. The summed E-state index contributed by atoms with van der Waals surface area (Å²) in [6.07, 6.45) is 6.95. The molecule has 17 heavy (non-hydrogen) atoms. The molecule has 92 valence electrons. The predicted molar refractivity (Wildman–Crippen MR) is 62.9 cm³/mol. The second-order valence-corrected chi connectivity index (χ2v) is 4.10. The van der Waals surface area contributed by atoms with E-state index in [0.717, 1.165) is 19.3 Å². The first-order valence-electron chi connectivity index (χ1n) is 5.77. The van der Waals surface area contributed by atoms with Crippen molar-refractivity contribution in [2.24, 2.45) is 0 Å². The number of carbonyl (C=O) groups is 1. The molecule has 0 bridgehead atoms. The second kappa shape index (κ2) is 5.47. The third-order valence-corrected chi connectivity index (χ3v) is 2.95. The van der Waals surface area contributed by atoms with Crippen LogP contribution in [0.15, 0.2) is 18.6 Å². The Bertz CT molecular complexity index is 371. The molecule has 0 aliphatic carbocycles. The minimum atomic E-state index is -0.837. The van der Waals surface area contributed by atoms with Gasteiger partial charge in [-0.05, 0) is 19.3 Å². The number of amides is 1. The molecule has 0 radical (unpaired) electrons. The zero-order valence-electron chi connectivity index (χ0n) is 9.54. The van der Waals surface area contributed by atoms with Crippen molar-refractivity contribution in [2.45, 2.75) is 25.3 Å². The molecular formula is C11H16N4O2. The highest BCUT2D eigenvalue weighted by Crippen LogP contribution is 2.17. The first-order chi connectivity index (χ1) is 8.27. The molecule has 2 heterocycles. The van der Waals surface area contributed by atoms with E-state index in [2.05, 4.69) is 15.3 Å². The molecule has 1 aromatic heterocycles. The van der Waals surface area contributed by atoms with E-state index in [-0.39, 0.29) is 6.04 Å². The molecule has 6 nitrogen and oxygen atoms in total. The van der Waals surface area contributed by atoms with Gasteiger partial charge in [0.2, 0.25) is 0 Å². The number of aromatic nitrogens is 2. The molecule has 1 fully saturated rings. The summed E-state index contributed by atoms with van der Waals surface area (Å²) in [7, 11) is 0. The zero-order chi connectivity index (χ0) is 12.1. The summed E-state index contributed by atoms with van der Waals surface area (Å²) in [6.45, 7) is 1.22. The van der Waals surface area contributed by atoms with Crippen LogP contribution in [0.4, 0.5) is 10.6 Å². The Labute approximate surface area is 99.7 Å². The molecule has 1 unspecified atom stereocenters. The number of nitrogens with one attached hydrogen (secondary N) is 1. The van der Waals surface area contributed by atoms with Crippen molar-refractivity contribution in [1.29, 1.82) is 0 Å². The van der Waals surface area contributed by atoms with E-state index < -0.39 is 6.09 Å². The number of hydrogen-bond acceptors (Lipinski definition) is 4. The number of hydrogen-bond donors (Lipinski definition) is 2. The fourth-order valence-corrected chi connectivity index (χ4v) is 2.08. The van der Waals surface area contributed by atoms with Crippen molar-refractivity contribution in [3.63, 3.8) is 0 Å². The SMILES string of the molecule is O=C(O)N1CCCCC1CNc1cnccn1. The number of anilines is 1. The molecule has 2 rings (SSSR count). The summed E-state index contributed by atoms with van der Waals surface area (Å²) in [5, 5.41) is 12.2. The minimum absolute atomic E-state index is 0.0308. The van der Waals surface area contributed by atoms with E-state index in [0.29, 0.717) is 18.9 Å². The van der Waals surface area contributed by atoms with Crippen LogP contribution < -0.4 is 5.32 Å². The Balaban J connectivity index is 1.90. The molecule has 2 N–H and O–H groups in total. The van der Waals surface area contributed by atoms with E-state index in [1.54, 1.807) is 18.6 Å². The molecule has 0 spiro atoms. The van der Waals surface area contributed by atoms with Crippen LogP contribution >= 0.6 is 0 Å². The van der Waals surface area contributed by atoms with Crippen LogP contribution in [0.1, 0.15) is 19.3 Å². The van der Waals surface area contributed by atoms with Crippen LogP contribution in [-0.2, 0) is 0 Å². The third-order valence-electron chi connectivity index (χ3n) is 2.95. The van der Waals surface area contributed by atoms with Gasteiger partial charge in [-0.15, -0.1) is 0 Å². The van der Waals surface area contributed by atoms with Gasteiger partial charge in [0.15, 0.2) is 0 Å². The number of carboxylic acid groups (broad SMARTS) is 1. The number of rotatable bonds is 3. The van der Waals surface area contributed by atoms with Crippen LogP contribution in [0.25, 0.3) is 0 Å². The summed E-state index contributed by atoms with van der Waals surface area (Å²) in [6, 6.07) is 0.0308. The van der Waals surface area contributed by atoms with Gasteiger partial charge in [0.25, 0.3) is 0 Å². The Kier molecular flexibility index (Phi) is 3.74. The first kappa shape index (κ1) is 11.6. The normalized spacial score (nSPS) is 20.0. The average molecular weight is 236 g/mol. The monoisotopic (exact) mass is 236 g/mol. The van der Waals surface area contributed by atoms with Gasteiger partial charge in [-0.2, -0.15) is 0 Å². The summed E-state index contributed by atoms with van der Waals surface area (Å²) in [4.78, 5) is 20.6. The highest BCUT2D eigenvalue weighted by atomic mass is 16.4. The van der Waals surface area contributed by atoms with Gasteiger partial charge in [0.05, 0.1) is 12.2 Å². The lowest BCUT2D eigenvalue weighted by Gasteiger charge is -2.33. The maximum atomic E-state index is 11.0. The molecule has 1 aliphatic heterocycles. The molecule has 1 aromatic rings. The van der Waals surface area contributed by atoms with Gasteiger partial charge in [-0.1, -0.05) is 0 Å². The maximum Gasteiger partial charge on any atom is 0.407 e. The molecule has 0 saturated carbocycles. The fourth-order valence-electron chi connectivity index (χ4n) is 2.08. The molecule has 1 aliphatic rings. The van der Waals surface area contributed by atoms with Gasteiger partial charge in [0, 0.05) is 25.5 Å². The van der Waals surface area contributed by atoms with E-state index >= 15 is 0 Å². The summed E-state index contributed by atoms with van der Waals surface area (Å²) >= 11 is 0. The van der Waals surface area contributed by atoms with Gasteiger partial charge in [-0.3, -0.25) is 4.98 Å². The standard InChI is InChI=1S/C11H16N4O2/c16-11(17)15-6-2-1-3-9(15)7-14-10-8-12-4-5-13-10/h4-5,8-9H,1-3,6-7H2,(H,13,14)(H,16,17). The summed E-state index contributed by atoms with van der Waals surface area (Å²) < 4.78 is 0. The zero-order valence-corrected chi connectivity index (χ0v) is 9.54. The fraction of sp³-hybridized carbons (Fsp3) is 0.545. The van der Waals surface area contributed by atoms with Gasteiger partial charge in [0.1, 0.15) is 5.82 Å². The molecule has 0 aromatic carbocycles. The summed E-state index contributed by atoms with van der Waals surface area (Å²) in [5.41, 5.74) is 0. The Hall–Kier alpha value is -1.85. The van der Waals surface area contributed by atoms with Crippen molar-refractivity contribution in [3.05, 3.63) is 18.6 Å². The van der Waals surface area contributed by atoms with Crippen LogP contribution in [0.5, 0.6) is 0 Å². The number of likely N-dealkylation sites (tertiary alicyclic amines) is 1. The van der Waals surface area contributed by atoms with Crippen molar-refractivity contribution in [2.75, 3.05) is 18.4 Å². The van der Waals surface area contributed by atoms with E-state index in [4.69, 9.17) is 5.11 Å². The molecular weight excluding hydrogens is 220 g/mol. The summed E-state index contributed by atoms with van der Waals surface area (Å²) in [5.74, 6) is 0.684. The molecule has 1 atom stereocenters. The van der Waals surface area contributed by atoms with Gasteiger partial charge >= 0.3 is 6.09 Å². The first-order valence-corrected chi connectivity index (χ1v) is 5.77. The molecule has 1 saturated heterocycles. The van der Waals surface area contributed by atoms with E-state index in [9.17, 15) is 4.79 Å². The lowest BCUT2D eigenvalue weighted by molar-refractivity contribution is 0.110. The molecule has 6 heteroatoms. The van der Waals surface area contributed by atoms with Crippen LogP contribution in [0.2, 0.25) is 0 Å². The lowest BCUT2D eigenvalue weighted by atomic mass is 10.0. The van der Waals surface area contributed by atoms with Crippen molar-refractivity contribution < 1.29 is 9.90 Å². The topological polar surface area (TPSA) is 78.4 Å². The largest absolute Gasteiger partial charge is 0.465 e. The quantitative estimate of drug-likeness (QED) is 0.829. The van der Waals surface area contributed by atoms with Crippen molar-refractivity contribution >= 4 is 11.9 Å². The Morgan fingerprint density at radius 2 is 2.41 bits per heavy atom. The van der Waals surface area contributed by atoms with Crippen LogP contribution in [-0.4, -0.2) is 45.2 Å². The second-order valence-electron chi connectivity index (χ2n) is 4.10. The highest BCUT2D eigenvalue weighted by molar-refractivity contribution is 5.65. The van der Waals surface area contributed by atoms with E-state index in [1.807, 2.05) is 0 Å². The lowest BCUT2D eigenvalue weighted by Crippen LogP contribution is -2.46. The van der Waals surface area contributed by atoms with Crippen molar-refractivity contribution in [3.8, 4) is 0 Å².